The monoisotopic (exact) mass is 299 g/mol. The van der Waals surface area contributed by atoms with E-state index >= 15 is 0 Å². The summed E-state index contributed by atoms with van der Waals surface area (Å²) in [5.74, 6) is 0.154. The highest BCUT2D eigenvalue weighted by atomic mass is 35.5. The van der Waals surface area contributed by atoms with Gasteiger partial charge < -0.3 is 9.80 Å². The van der Waals surface area contributed by atoms with Gasteiger partial charge in [0, 0.05) is 50.8 Å². The van der Waals surface area contributed by atoms with Crippen LogP contribution < -0.4 is 4.90 Å². The molecular weight excluding hydrogens is 277 g/mol. The summed E-state index contributed by atoms with van der Waals surface area (Å²) in [5, 5.41) is 0. The van der Waals surface area contributed by atoms with Crippen molar-refractivity contribution in [2.24, 2.45) is 0 Å². The highest BCUT2D eigenvalue weighted by Crippen LogP contribution is 2.21. The molecule has 5 heteroatoms. The summed E-state index contributed by atoms with van der Waals surface area (Å²) in [4.78, 5) is 6.90. The lowest BCUT2D eigenvalue weighted by molar-refractivity contribution is 0.229. The van der Waals surface area contributed by atoms with E-state index in [2.05, 4.69) is 28.8 Å². The fraction of sp³-hybridized carbons (Fsp3) is 0.600. The van der Waals surface area contributed by atoms with Crippen LogP contribution in [-0.2, 0) is 5.88 Å². The van der Waals surface area contributed by atoms with Crippen LogP contribution in [0.5, 0.6) is 0 Å². The third-order valence-electron chi connectivity index (χ3n) is 3.70. The van der Waals surface area contributed by atoms with Gasteiger partial charge in [-0.3, -0.25) is 4.90 Å². The molecule has 1 heterocycles. The van der Waals surface area contributed by atoms with Crippen molar-refractivity contribution in [2.75, 3.05) is 58.3 Å². The number of benzene rings is 1. The maximum atomic E-state index is 13.6. The van der Waals surface area contributed by atoms with Gasteiger partial charge in [-0.05, 0) is 37.9 Å². The molecule has 0 amide bonds. The molecule has 0 N–H and O–H groups in total. The van der Waals surface area contributed by atoms with E-state index in [-0.39, 0.29) is 5.82 Å². The number of piperazine rings is 1. The first-order valence-corrected chi connectivity index (χ1v) is 7.59. The van der Waals surface area contributed by atoms with Crippen LogP contribution in [0.1, 0.15) is 5.56 Å². The fourth-order valence-corrected chi connectivity index (χ4v) is 2.62. The highest BCUT2D eigenvalue weighted by molar-refractivity contribution is 6.17. The maximum absolute atomic E-state index is 13.6. The van der Waals surface area contributed by atoms with E-state index < -0.39 is 0 Å². The third kappa shape index (κ3) is 4.33. The summed E-state index contributed by atoms with van der Waals surface area (Å²) in [6.07, 6.45) is 0. The van der Waals surface area contributed by atoms with Crippen molar-refractivity contribution in [1.82, 2.24) is 9.80 Å². The molecular formula is C15H23ClFN3. The number of anilines is 1. The molecule has 0 aliphatic carbocycles. The minimum Gasteiger partial charge on any atom is -0.369 e. The Labute approximate surface area is 125 Å². The molecule has 0 radical (unpaired) electrons. The second-order valence-corrected chi connectivity index (χ2v) is 5.85. The Morgan fingerprint density at radius 1 is 1.15 bits per heavy atom. The Balaban J connectivity index is 1.91. The normalized spacial score (nSPS) is 16.9. The predicted molar refractivity (Wildman–Crippen MR) is 83.2 cm³/mol. The van der Waals surface area contributed by atoms with Crippen molar-refractivity contribution in [3.63, 3.8) is 0 Å². The Morgan fingerprint density at radius 3 is 2.45 bits per heavy atom. The Bertz CT molecular complexity index is 431. The SMILES string of the molecule is CN(C)CCN1CCN(c2cc(F)cc(CCl)c2)CC1. The molecule has 0 unspecified atom stereocenters. The Morgan fingerprint density at radius 2 is 1.85 bits per heavy atom. The van der Waals surface area contributed by atoms with Crippen LogP contribution in [-0.4, -0.2) is 63.2 Å². The van der Waals surface area contributed by atoms with E-state index in [0.29, 0.717) is 5.88 Å². The molecule has 0 saturated carbocycles. The number of nitrogens with zero attached hydrogens (tertiary/aromatic N) is 3. The molecule has 112 valence electrons. The standard InChI is InChI=1S/C15H23ClFN3/c1-18(2)3-4-19-5-7-20(8-6-19)15-10-13(12-16)9-14(17)11-15/h9-11H,3-8,12H2,1-2H3. The van der Waals surface area contributed by atoms with Crippen LogP contribution in [0.3, 0.4) is 0 Å². The molecule has 0 spiro atoms. The Kier molecular flexibility index (Phi) is 5.64. The summed E-state index contributed by atoms with van der Waals surface area (Å²) in [7, 11) is 4.19. The average Bonchev–Trinajstić information content (AvgIpc) is 2.45. The number of alkyl halides is 1. The molecule has 0 bridgehead atoms. The number of hydrogen-bond acceptors (Lipinski definition) is 3. The zero-order valence-electron chi connectivity index (χ0n) is 12.3. The second-order valence-electron chi connectivity index (χ2n) is 5.58. The van der Waals surface area contributed by atoms with E-state index in [1.807, 2.05) is 6.07 Å². The molecule has 1 saturated heterocycles. The van der Waals surface area contributed by atoms with Gasteiger partial charge in [-0.2, -0.15) is 0 Å². The number of halogens is 2. The minimum absolute atomic E-state index is 0.201. The lowest BCUT2D eigenvalue weighted by atomic mass is 10.2. The van der Waals surface area contributed by atoms with Gasteiger partial charge in [0.2, 0.25) is 0 Å². The zero-order valence-corrected chi connectivity index (χ0v) is 13.0. The minimum atomic E-state index is -0.201. The first-order chi connectivity index (χ1) is 9.58. The molecule has 1 aliphatic heterocycles. The van der Waals surface area contributed by atoms with Gasteiger partial charge in [-0.15, -0.1) is 11.6 Å². The van der Waals surface area contributed by atoms with Gasteiger partial charge in [-0.25, -0.2) is 4.39 Å². The largest absolute Gasteiger partial charge is 0.369 e. The van der Waals surface area contributed by atoms with E-state index in [9.17, 15) is 4.39 Å². The van der Waals surface area contributed by atoms with Crippen LogP contribution in [0.15, 0.2) is 18.2 Å². The molecule has 2 rings (SSSR count). The number of hydrogen-bond donors (Lipinski definition) is 0. The van der Waals surface area contributed by atoms with Crippen molar-refractivity contribution in [2.45, 2.75) is 5.88 Å². The van der Waals surface area contributed by atoms with Gasteiger partial charge in [-0.1, -0.05) is 0 Å². The summed E-state index contributed by atoms with van der Waals surface area (Å²) >= 11 is 5.81. The van der Waals surface area contributed by atoms with Crippen LogP contribution >= 0.6 is 11.6 Å². The molecule has 20 heavy (non-hydrogen) atoms. The maximum Gasteiger partial charge on any atom is 0.125 e. The molecule has 1 aromatic rings. The lowest BCUT2D eigenvalue weighted by Gasteiger charge is -2.36. The predicted octanol–water partition coefficient (Wildman–Crippen LogP) is 2.25. The van der Waals surface area contributed by atoms with Gasteiger partial charge >= 0.3 is 0 Å². The van der Waals surface area contributed by atoms with Crippen molar-refractivity contribution in [1.29, 1.82) is 0 Å². The van der Waals surface area contributed by atoms with Gasteiger partial charge in [0.1, 0.15) is 5.82 Å². The van der Waals surface area contributed by atoms with Crippen LogP contribution in [0.25, 0.3) is 0 Å². The third-order valence-corrected chi connectivity index (χ3v) is 4.01. The van der Waals surface area contributed by atoms with E-state index in [4.69, 9.17) is 11.6 Å². The van der Waals surface area contributed by atoms with Crippen LogP contribution in [0.4, 0.5) is 10.1 Å². The molecule has 0 atom stereocenters. The van der Waals surface area contributed by atoms with E-state index in [0.717, 1.165) is 50.5 Å². The van der Waals surface area contributed by atoms with Crippen molar-refractivity contribution < 1.29 is 4.39 Å². The van der Waals surface area contributed by atoms with Crippen LogP contribution in [0.2, 0.25) is 0 Å². The highest BCUT2D eigenvalue weighted by Gasteiger charge is 2.17. The van der Waals surface area contributed by atoms with E-state index in [1.165, 1.54) is 6.07 Å². The quantitative estimate of drug-likeness (QED) is 0.772. The fourth-order valence-electron chi connectivity index (χ4n) is 2.46. The summed E-state index contributed by atoms with van der Waals surface area (Å²) in [6, 6.07) is 5.10. The zero-order chi connectivity index (χ0) is 14.5. The molecule has 0 aromatic heterocycles. The van der Waals surface area contributed by atoms with Crippen molar-refractivity contribution in [3.05, 3.63) is 29.6 Å². The summed E-state index contributed by atoms with van der Waals surface area (Å²) in [5.41, 5.74) is 1.80. The smallest absolute Gasteiger partial charge is 0.125 e. The average molecular weight is 300 g/mol. The summed E-state index contributed by atoms with van der Waals surface area (Å²) < 4.78 is 13.6. The van der Waals surface area contributed by atoms with Crippen molar-refractivity contribution in [3.8, 4) is 0 Å². The van der Waals surface area contributed by atoms with E-state index in [1.54, 1.807) is 6.07 Å². The van der Waals surface area contributed by atoms with Gasteiger partial charge in [0.05, 0.1) is 0 Å². The first-order valence-electron chi connectivity index (χ1n) is 7.06. The van der Waals surface area contributed by atoms with Crippen LogP contribution in [0, 0.1) is 5.82 Å². The number of rotatable bonds is 5. The van der Waals surface area contributed by atoms with Gasteiger partial charge in [0.15, 0.2) is 0 Å². The molecule has 1 aliphatic rings. The molecule has 3 nitrogen and oxygen atoms in total. The van der Waals surface area contributed by atoms with Gasteiger partial charge in [0.25, 0.3) is 0 Å². The number of likely N-dealkylation sites (N-methyl/N-ethyl adjacent to an activating group) is 1. The second kappa shape index (κ2) is 7.25. The first kappa shape index (κ1) is 15.5. The molecule has 1 fully saturated rings. The topological polar surface area (TPSA) is 9.72 Å². The molecule has 1 aromatic carbocycles. The lowest BCUT2D eigenvalue weighted by Crippen LogP contribution is -2.48. The summed E-state index contributed by atoms with van der Waals surface area (Å²) in [6.45, 7) is 6.12. The van der Waals surface area contributed by atoms with Crippen molar-refractivity contribution >= 4 is 17.3 Å². The Hall–Kier alpha value is -0.840.